The number of hydrogen-bond donors (Lipinski definition) is 1. The summed E-state index contributed by atoms with van der Waals surface area (Å²) in [7, 11) is -1.39. The van der Waals surface area contributed by atoms with Crippen molar-refractivity contribution in [1.82, 2.24) is 9.88 Å². The predicted molar refractivity (Wildman–Crippen MR) is 102 cm³/mol. The highest BCUT2D eigenvalue weighted by molar-refractivity contribution is 7.91. The van der Waals surface area contributed by atoms with E-state index in [1.165, 1.54) is 16.0 Å². The Morgan fingerprint density at radius 1 is 1.31 bits per heavy atom. The van der Waals surface area contributed by atoms with Gasteiger partial charge in [-0.3, -0.25) is 4.79 Å². The van der Waals surface area contributed by atoms with Crippen LogP contribution in [0.2, 0.25) is 0 Å². The summed E-state index contributed by atoms with van der Waals surface area (Å²) in [5, 5.41) is 3.28. The molecule has 6 nitrogen and oxygen atoms in total. The highest BCUT2D eigenvalue weighted by Crippen LogP contribution is 2.18. The number of nitrogens with zero attached hydrogens (tertiary/aromatic N) is 2. The van der Waals surface area contributed by atoms with Gasteiger partial charge in [0.2, 0.25) is 0 Å². The average Bonchev–Trinajstić information content (AvgIpc) is 2.99. The van der Waals surface area contributed by atoms with E-state index in [4.69, 9.17) is 0 Å². The Balaban J connectivity index is 1.61. The molecular formula is C19H23N3O3S. The van der Waals surface area contributed by atoms with Crippen LogP contribution in [0.15, 0.2) is 42.6 Å². The molecule has 1 fully saturated rings. The molecule has 2 heterocycles. The first kappa shape index (κ1) is 18.4. The highest BCUT2D eigenvalue weighted by Gasteiger charge is 2.33. The van der Waals surface area contributed by atoms with Crippen LogP contribution >= 0.6 is 0 Å². The van der Waals surface area contributed by atoms with Crippen LogP contribution in [0.25, 0.3) is 0 Å². The Hall–Kier alpha value is -2.41. The quantitative estimate of drug-likeness (QED) is 0.870. The molecule has 3 rings (SSSR count). The van der Waals surface area contributed by atoms with Crippen LogP contribution in [-0.4, -0.2) is 48.8 Å². The third kappa shape index (κ3) is 4.40. The molecule has 1 aromatic carbocycles. The molecule has 1 aliphatic rings. The second-order valence-corrected chi connectivity index (χ2v) is 8.98. The summed E-state index contributed by atoms with van der Waals surface area (Å²) in [4.78, 5) is 18.2. The number of rotatable bonds is 5. The molecular weight excluding hydrogens is 350 g/mol. The minimum absolute atomic E-state index is 0.0331. The number of nitrogens with one attached hydrogen (secondary N) is 1. The van der Waals surface area contributed by atoms with Gasteiger partial charge in [-0.15, -0.1) is 0 Å². The fourth-order valence-corrected chi connectivity index (χ4v) is 4.85. The molecule has 1 saturated heterocycles. The standard InChI is InChI=1S/C19H23N3O3S/c1-14-4-3-5-15(10-14)11-20-16-6-7-18(21-12-16)19(23)22(2)17-8-9-26(24,25)13-17/h3-7,10,12,17,20H,8-9,11,13H2,1-2H3. The number of hydrogen-bond acceptors (Lipinski definition) is 5. The third-order valence-electron chi connectivity index (χ3n) is 4.64. The number of anilines is 1. The number of sulfone groups is 1. The Morgan fingerprint density at radius 3 is 2.73 bits per heavy atom. The summed E-state index contributed by atoms with van der Waals surface area (Å²) in [5.41, 5.74) is 3.53. The Bertz CT molecular complexity index is 895. The van der Waals surface area contributed by atoms with Crippen LogP contribution in [0.5, 0.6) is 0 Å². The van der Waals surface area contributed by atoms with Gasteiger partial charge in [0.1, 0.15) is 5.69 Å². The van der Waals surface area contributed by atoms with E-state index in [-0.39, 0.29) is 23.5 Å². The Morgan fingerprint density at radius 2 is 2.12 bits per heavy atom. The summed E-state index contributed by atoms with van der Waals surface area (Å²) in [5.74, 6) is -0.0760. The van der Waals surface area contributed by atoms with Gasteiger partial charge in [0.05, 0.1) is 23.4 Å². The van der Waals surface area contributed by atoms with Crippen LogP contribution in [0, 0.1) is 6.92 Å². The third-order valence-corrected chi connectivity index (χ3v) is 6.39. The molecule has 1 unspecified atom stereocenters. The average molecular weight is 373 g/mol. The largest absolute Gasteiger partial charge is 0.380 e. The van der Waals surface area contributed by atoms with Gasteiger partial charge in [0.25, 0.3) is 5.91 Å². The first-order valence-corrected chi connectivity index (χ1v) is 10.4. The zero-order chi connectivity index (χ0) is 18.7. The second-order valence-electron chi connectivity index (χ2n) is 6.75. The molecule has 26 heavy (non-hydrogen) atoms. The zero-order valence-electron chi connectivity index (χ0n) is 15.0. The van der Waals surface area contributed by atoms with Gasteiger partial charge < -0.3 is 10.2 Å². The van der Waals surface area contributed by atoms with Crippen molar-refractivity contribution in [3.05, 3.63) is 59.4 Å². The van der Waals surface area contributed by atoms with Gasteiger partial charge in [0, 0.05) is 19.6 Å². The van der Waals surface area contributed by atoms with Crippen molar-refractivity contribution >= 4 is 21.4 Å². The van der Waals surface area contributed by atoms with Crippen molar-refractivity contribution in [3.8, 4) is 0 Å². The topological polar surface area (TPSA) is 79.4 Å². The van der Waals surface area contributed by atoms with Crippen LogP contribution in [0.1, 0.15) is 28.0 Å². The van der Waals surface area contributed by atoms with Gasteiger partial charge in [0.15, 0.2) is 9.84 Å². The molecule has 2 aromatic rings. The summed E-state index contributed by atoms with van der Waals surface area (Å²) < 4.78 is 23.2. The number of benzene rings is 1. The minimum atomic E-state index is -3.02. The molecule has 0 aliphatic carbocycles. The van der Waals surface area contributed by atoms with E-state index in [0.29, 0.717) is 18.7 Å². The molecule has 0 radical (unpaired) electrons. The van der Waals surface area contributed by atoms with E-state index in [0.717, 1.165) is 5.69 Å². The highest BCUT2D eigenvalue weighted by atomic mass is 32.2. The van der Waals surface area contributed by atoms with Gasteiger partial charge in [-0.25, -0.2) is 13.4 Å². The van der Waals surface area contributed by atoms with Gasteiger partial charge in [-0.2, -0.15) is 0 Å². The molecule has 0 bridgehead atoms. The predicted octanol–water partition coefficient (Wildman–Crippen LogP) is 2.26. The van der Waals surface area contributed by atoms with Gasteiger partial charge >= 0.3 is 0 Å². The van der Waals surface area contributed by atoms with E-state index >= 15 is 0 Å². The van der Waals surface area contributed by atoms with E-state index in [1.807, 2.05) is 12.1 Å². The molecule has 1 amide bonds. The molecule has 7 heteroatoms. The maximum absolute atomic E-state index is 12.5. The molecule has 1 atom stereocenters. The SMILES string of the molecule is Cc1cccc(CNc2ccc(C(=O)N(C)C3CCS(=O)(=O)C3)nc2)c1. The number of carbonyl (C=O) groups excluding carboxylic acids is 1. The molecule has 1 aliphatic heterocycles. The Kier molecular flexibility index (Phi) is 5.27. The number of aromatic nitrogens is 1. The van der Waals surface area contributed by atoms with Crippen molar-refractivity contribution in [1.29, 1.82) is 0 Å². The Labute approximate surface area is 154 Å². The lowest BCUT2D eigenvalue weighted by atomic mass is 10.1. The summed E-state index contributed by atoms with van der Waals surface area (Å²) in [6, 6.07) is 11.5. The van der Waals surface area contributed by atoms with E-state index in [9.17, 15) is 13.2 Å². The lowest BCUT2D eigenvalue weighted by molar-refractivity contribution is 0.0742. The molecule has 1 aromatic heterocycles. The lowest BCUT2D eigenvalue weighted by Gasteiger charge is -2.23. The fourth-order valence-electron chi connectivity index (χ4n) is 3.08. The summed E-state index contributed by atoms with van der Waals surface area (Å²) >= 11 is 0. The molecule has 138 valence electrons. The van der Waals surface area contributed by atoms with E-state index in [1.54, 1.807) is 19.3 Å². The maximum atomic E-state index is 12.5. The number of aryl methyl sites for hydroxylation is 1. The molecule has 0 saturated carbocycles. The van der Waals surface area contributed by atoms with Crippen LogP contribution < -0.4 is 5.32 Å². The summed E-state index contributed by atoms with van der Waals surface area (Å²) in [6.45, 7) is 2.73. The van der Waals surface area contributed by atoms with Gasteiger partial charge in [-0.1, -0.05) is 29.8 Å². The first-order valence-electron chi connectivity index (χ1n) is 8.57. The van der Waals surface area contributed by atoms with Crippen molar-refractivity contribution < 1.29 is 13.2 Å². The molecule has 1 N–H and O–H groups in total. The fraction of sp³-hybridized carbons (Fsp3) is 0.368. The lowest BCUT2D eigenvalue weighted by Crippen LogP contribution is -2.38. The first-order chi connectivity index (χ1) is 12.3. The number of pyridine rings is 1. The number of carbonyl (C=O) groups is 1. The zero-order valence-corrected chi connectivity index (χ0v) is 15.8. The second kappa shape index (κ2) is 7.45. The normalized spacial score (nSPS) is 18.5. The van der Waals surface area contributed by atoms with Crippen LogP contribution in [-0.2, 0) is 16.4 Å². The number of amides is 1. The van der Waals surface area contributed by atoms with Crippen molar-refractivity contribution in [3.63, 3.8) is 0 Å². The van der Waals surface area contributed by atoms with Crippen molar-refractivity contribution in [2.45, 2.75) is 25.9 Å². The van der Waals surface area contributed by atoms with Crippen molar-refractivity contribution in [2.24, 2.45) is 0 Å². The smallest absolute Gasteiger partial charge is 0.272 e. The van der Waals surface area contributed by atoms with Gasteiger partial charge in [-0.05, 0) is 31.0 Å². The summed E-state index contributed by atoms with van der Waals surface area (Å²) in [6.07, 6.45) is 2.11. The molecule has 0 spiro atoms. The van der Waals surface area contributed by atoms with E-state index < -0.39 is 9.84 Å². The van der Waals surface area contributed by atoms with Crippen molar-refractivity contribution in [2.75, 3.05) is 23.9 Å². The van der Waals surface area contributed by atoms with Crippen LogP contribution in [0.4, 0.5) is 5.69 Å². The monoisotopic (exact) mass is 373 g/mol. The van der Waals surface area contributed by atoms with E-state index in [2.05, 4.69) is 35.4 Å². The van der Waals surface area contributed by atoms with Crippen LogP contribution in [0.3, 0.4) is 0 Å². The minimum Gasteiger partial charge on any atom is -0.380 e. The maximum Gasteiger partial charge on any atom is 0.272 e.